The third kappa shape index (κ3) is 5.10. The highest BCUT2D eigenvalue weighted by molar-refractivity contribution is 5.78. The quantitative estimate of drug-likeness (QED) is 0.710. The number of aromatic nitrogens is 2. The maximum absolute atomic E-state index is 12.1. The van der Waals surface area contributed by atoms with Gasteiger partial charge in [0.25, 0.3) is 0 Å². The number of hydrogen-bond acceptors (Lipinski definition) is 7. The Balaban J connectivity index is 1.60. The fourth-order valence-corrected chi connectivity index (χ4v) is 4.16. The molecule has 0 aliphatic heterocycles. The molecule has 2 aliphatic rings. The summed E-state index contributed by atoms with van der Waals surface area (Å²) < 4.78 is 0. The molecular formula is C20H30N6O2. The summed E-state index contributed by atoms with van der Waals surface area (Å²) in [5, 5.41) is 25.9. The van der Waals surface area contributed by atoms with Gasteiger partial charge in [0.05, 0.1) is 12.3 Å². The number of amides is 1. The first-order valence-electron chi connectivity index (χ1n) is 10.2. The van der Waals surface area contributed by atoms with Crippen LogP contribution in [0.2, 0.25) is 0 Å². The summed E-state index contributed by atoms with van der Waals surface area (Å²) in [5.41, 5.74) is 0.408. The molecule has 0 bridgehead atoms. The first-order chi connectivity index (χ1) is 13.5. The number of rotatable bonds is 5. The lowest BCUT2D eigenvalue weighted by atomic mass is 9.85. The van der Waals surface area contributed by atoms with Crippen molar-refractivity contribution in [2.45, 2.75) is 69.6 Å². The van der Waals surface area contributed by atoms with E-state index in [0.29, 0.717) is 23.8 Å². The number of carbonyl (C=O) groups is 1. The predicted octanol–water partition coefficient (Wildman–Crippen LogP) is 2.12. The van der Waals surface area contributed by atoms with Crippen molar-refractivity contribution in [1.82, 2.24) is 14.9 Å². The zero-order valence-corrected chi connectivity index (χ0v) is 16.7. The van der Waals surface area contributed by atoms with Crippen LogP contribution >= 0.6 is 0 Å². The SMILES string of the molecule is CN(C)C(=O)[C@H]1CC[C@H](Nc2ncc(C#N)c(N[C@@H]3CCC[C@@H](O)C3)n2)CC1. The highest BCUT2D eigenvalue weighted by Gasteiger charge is 2.28. The second kappa shape index (κ2) is 9.20. The van der Waals surface area contributed by atoms with Crippen molar-refractivity contribution in [3.8, 4) is 6.07 Å². The van der Waals surface area contributed by atoms with E-state index in [1.54, 1.807) is 19.0 Å². The molecule has 0 saturated heterocycles. The van der Waals surface area contributed by atoms with E-state index < -0.39 is 0 Å². The van der Waals surface area contributed by atoms with Crippen molar-refractivity contribution in [2.24, 2.45) is 5.92 Å². The van der Waals surface area contributed by atoms with Crippen molar-refractivity contribution in [3.05, 3.63) is 11.8 Å². The van der Waals surface area contributed by atoms with Crippen LogP contribution in [0.4, 0.5) is 11.8 Å². The smallest absolute Gasteiger partial charge is 0.225 e. The lowest BCUT2D eigenvalue weighted by Crippen LogP contribution is -2.35. The average Bonchev–Trinajstić information content (AvgIpc) is 2.68. The fraction of sp³-hybridized carbons (Fsp3) is 0.700. The summed E-state index contributed by atoms with van der Waals surface area (Å²) in [4.78, 5) is 22.6. The number of nitriles is 1. The minimum atomic E-state index is -0.295. The van der Waals surface area contributed by atoms with E-state index in [4.69, 9.17) is 0 Å². The normalized spacial score (nSPS) is 27.5. The summed E-state index contributed by atoms with van der Waals surface area (Å²) >= 11 is 0. The second-order valence-corrected chi connectivity index (χ2v) is 8.15. The topological polar surface area (TPSA) is 114 Å². The first-order valence-corrected chi connectivity index (χ1v) is 10.2. The molecule has 0 aromatic carbocycles. The molecule has 1 aromatic heterocycles. The third-order valence-electron chi connectivity index (χ3n) is 5.75. The molecule has 8 heteroatoms. The third-order valence-corrected chi connectivity index (χ3v) is 5.75. The van der Waals surface area contributed by atoms with Crippen LogP contribution in [0.25, 0.3) is 0 Å². The number of carbonyl (C=O) groups excluding carboxylic acids is 1. The van der Waals surface area contributed by atoms with Gasteiger partial charge in [-0.05, 0) is 51.4 Å². The van der Waals surface area contributed by atoms with Crippen molar-refractivity contribution in [3.63, 3.8) is 0 Å². The van der Waals surface area contributed by atoms with E-state index in [1.807, 2.05) is 0 Å². The van der Waals surface area contributed by atoms with Gasteiger partial charge in [-0.1, -0.05) is 0 Å². The molecule has 2 fully saturated rings. The molecule has 3 N–H and O–H groups in total. The number of aliphatic hydroxyl groups excluding tert-OH is 1. The molecule has 28 heavy (non-hydrogen) atoms. The molecule has 2 atom stereocenters. The lowest BCUT2D eigenvalue weighted by Gasteiger charge is -2.30. The summed E-state index contributed by atoms with van der Waals surface area (Å²) in [6.45, 7) is 0. The Labute approximate surface area is 166 Å². The molecule has 2 saturated carbocycles. The van der Waals surface area contributed by atoms with E-state index in [-0.39, 0.29) is 30.0 Å². The van der Waals surface area contributed by atoms with Crippen molar-refractivity contribution < 1.29 is 9.90 Å². The van der Waals surface area contributed by atoms with Crippen LogP contribution in [0.3, 0.4) is 0 Å². The Morgan fingerprint density at radius 3 is 2.57 bits per heavy atom. The molecule has 152 valence electrons. The molecule has 3 rings (SSSR count). The Morgan fingerprint density at radius 1 is 1.18 bits per heavy atom. The van der Waals surface area contributed by atoms with Gasteiger partial charge in [-0.15, -0.1) is 0 Å². The van der Waals surface area contributed by atoms with Crippen LogP contribution in [0.15, 0.2) is 6.20 Å². The van der Waals surface area contributed by atoms with Gasteiger partial charge in [0.2, 0.25) is 11.9 Å². The molecule has 0 spiro atoms. The number of nitrogens with zero attached hydrogens (tertiary/aromatic N) is 4. The lowest BCUT2D eigenvalue weighted by molar-refractivity contribution is -0.133. The summed E-state index contributed by atoms with van der Waals surface area (Å²) in [5.74, 6) is 1.33. The van der Waals surface area contributed by atoms with Gasteiger partial charge in [-0.25, -0.2) is 4.98 Å². The van der Waals surface area contributed by atoms with E-state index >= 15 is 0 Å². The van der Waals surface area contributed by atoms with Crippen LogP contribution in [0.5, 0.6) is 0 Å². The van der Waals surface area contributed by atoms with Gasteiger partial charge < -0.3 is 20.6 Å². The Bertz CT molecular complexity index is 724. The average molecular weight is 387 g/mol. The summed E-state index contributed by atoms with van der Waals surface area (Å²) in [6, 6.07) is 2.48. The second-order valence-electron chi connectivity index (χ2n) is 8.15. The molecule has 1 aromatic rings. The summed E-state index contributed by atoms with van der Waals surface area (Å²) in [7, 11) is 3.61. The van der Waals surface area contributed by atoms with Gasteiger partial charge in [0.15, 0.2) is 0 Å². The number of nitrogens with one attached hydrogen (secondary N) is 2. The summed E-state index contributed by atoms with van der Waals surface area (Å²) in [6.07, 6.45) is 8.17. The van der Waals surface area contributed by atoms with E-state index in [9.17, 15) is 15.2 Å². The molecule has 0 unspecified atom stereocenters. The van der Waals surface area contributed by atoms with Crippen LogP contribution in [0.1, 0.15) is 56.9 Å². The maximum atomic E-state index is 12.1. The molecule has 8 nitrogen and oxygen atoms in total. The predicted molar refractivity (Wildman–Crippen MR) is 107 cm³/mol. The standard InChI is InChI=1S/C20H30N6O2/c1-26(2)19(28)13-6-8-15(9-7-13)24-20-22-12-14(11-21)18(25-20)23-16-4-3-5-17(27)10-16/h12-13,15-17,27H,3-10H2,1-2H3,(H2,22,23,24,25)/t13-,15-,16-,17-/m1/s1. The number of aliphatic hydroxyl groups is 1. The Morgan fingerprint density at radius 2 is 1.93 bits per heavy atom. The van der Waals surface area contributed by atoms with Crippen molar-refractivity contribution in [2.75, 3.05) is 24.7 Å². The van der Waals surface area contributed by atoms with Crippen LogP contribution in [0, 0.1) is 17.2 Å². The van der Waals surface area contributed by atoms with Gasteiger partial charge >= 0.3 is 0 Å². The molecule has 1 amide bonds. The minimum absolute atomic E-state index is 0.102. The van der Waals surface area contributed by atoms with E-state index in [2.05, 4.69) is 26.7 Å². The minimum Gasteiger partial charge on any atom is -0.393 e. The van der Waals surface area contributed by atoms with Crippen molar-refractivity contribution >= 4 is 17.7 Å². The number of hydrogen-bond donors (Lipinski definition) is 3. The van der Waals surface area contributed by atoms with Gasteiger partial charge in [0, 0.05) is 32.1 Å². The zero-order chi connectivity index (χ0) is 20.1. The van der Waals surface area contributed by atoms with E-state index in [0.717, 1.165) is 44.9 Å². The Kier molecular flexibility index (Phi) is 6.68. The van der Waals surface area contributed by atoms with Crippen LogP contribution < -0.4 is 10.6 Å². The molecule has 1 heterocycles. The van der Waals surface area contributed by atoms with E-state index in [1.165, 1.54) is 6.20 Å². The van der Waals surface area contributed by atoms with Crippen molar-refractivity contribution in [1.29, 1.82) is 5.26 Å². The van der Waals surface area contributed by atoms with Crippen LogP contribution in [-0.4, -0.2) is 58.2 Å². The zero-order valence-electron chi connectivity index (χ0n) is 16.7. The molecule has 0 radical (unpaired) electrons. The highest BCUT2D eigenvalue weighted by Crippen LogP contribution is 2.28. The highest BCUT2D eigenvalue weighted by atomic mass is 16.3. The Hall–Kier alpha value is -2.40. The largest absolute Gasteiger partial charge is 0.393 e. The van der Waals surface area contributed by atoms with Gasteiger partial charge in [0.1, 0.15) is 17.5 Å². The maximum Gasteiger partial charge on any atom is 0.225 e. The number of anilines is 2. The molecular weight excluding hydrogens is 356 g/mol. The van der Waals surface area contributed by atoms with Crippen LogP contribution in [-0.2, 0) is 4.79 Å². The monoisotopic (exact) mass is 386 g/mol. The molecule has 2 aliphatic carbocycles. The van der Waals surface area contributed by atoms with Gasteiger partial charge in [-0.3, -0.25) is 4.79 Å². The fourth-order valence-electron chi connectivity index (χ4n) is 4.16. The van der Waals surface area contributed by atoms with Gasteiger partial charge in [-0.2, -0.15) is 10.2 Å². The first kappa shape index (κ1) is 20.3.